The van der Waals surface area contributed by atoms with Crippen LogP contribution in [-0.2, 0) is 4.79 Å². The van der Waals surface area contributed by atoms with Gasteiger partial charge >= 0.3 is 6.01 Å². The Labute approximate surface area is 239 Å². The third-order valence-corrected chi connectivity index (χ3v) is 9.24. The van der Waals surface area contributed by atoms with Crippen LogP contribution in [0, 0.1) is 0 Å². The highest BCUT2D eigenvalue weighted by molar-refractivity contribution is 6.36. The summed E-state index contributed by atoms with van der Waals surface area (Å²) >= 11 is 6.67. The first-order valence-corrected chi connectivity index (χ1v) is 14.4. The number of hydrogen-bond donors (Lipinski definition) is 0. The van der Waals surface area contributed by atoms with Crippen LogP contribution in [-0.4, -0.2) is 77.1 Å². The van der Waals surface area contributed by atoms with Gasteiger partial charge in [-0.25, -0.2) is 0 Å². The number of halogens is 1. The van der Waals surface area contributed by atoms with Gasteiger partial charge in [0.15, 0.2) is 0 Å². The van der Waals surface area contributed by atoms with Crippen molar-refractivity contribution < 1.29 is 9.53 Å². The lowest BCUT2D eigenvalue weighted by atomic mass is 9.95. The molecule has 3 aliphatic heterocycles. The molecule has 7 rings (SSSR count). The second-order valence-corrected chi connectivity index (χ2v) is 11.5. The zero-order chi connectivity index (χ0) is 27.4. The van der Waals surface area contributed by atoms with Crippen molar-refractivity contribution in [2.75, 3.05) is 38.2 Å². The number of anilines is 1. The van der Waals surface area contributed by atoms with E-state index in [9.17, 15) is 4.79 Å². The number of nitrogens with zero attached hydrogens (tertiary/aromatic N) is 5. The first-order valence-electron chi connectivity index (χ1n) is 14.0. The first kappa shape index (κ1) is 25.3. The van der Waals surface area contributed by atoms with E-state index < -0.39 is 0 Å². The molecule has 40 heavy (non-hydrogen) atoms. The SMILES string of the molecule is C=CC(=O)N1CC[C@@H]2[C@H]1CN2c1nc(OCC2CCCN2C)nc2cc(-c3cccc4cccc(Cl)c34)ccc12. The third-order valence-electron chi connectivity index (χ3n) is 8.92. The van der Waals surface area contributed by atoms with Crippen LogP contribution in [0.3, 0.4) is 0 Å². The number of likely N-dealkylation sites (tertiary alicyclic amines) is 2. The van der Waals surface area contributed by atoms with E-state index in [0.29, 0.717) is 18.7 Å². The van der Waals surface area contributed by atoms with E-state index in [2.05, 4.69) is 65.9 Å². The summed E-state index contributed by atoms with van der Waals surface area (Å²) in [6.45, 7) is 6.81. The Morgan fingerprint density at radius 1 is 1.10 bits per heavy atom. The van der Waals surface area contributed by atoms with E-state index in [1.54, 1.807) is 0 Å². The number of carbonyl (C=O) groups excluding carboxylic acids is 1. The van der Waals surface area contributed by atoms with Crippen molar-refractivity contribution >= 4 is 45.0 Å². The van der Waals surface area contributed by atoms with E-state index >= 15 is 0 Å². The Morgan fingerprint density at radius 2 is 1.95 bits per heavy atom. The van der Waals surface area contributed by atoms with E-state index in [-0.39, 0.29) is 18.0 Å². The second kappa shape index (κ2) is 10.1. The molecule has 0 N–H and O–H groups in total. The molecule has 3 aromatic carbocycles. The predicted octanol–water partition coefficient (Wildman–Crippen LogP) is 5.55. The molecule has 3 saturated heterocycles. The van der Waals surface area contributed by atoms with E-state index in [1.165, 1.54) is 12.5 Å². The Balaban J connectivity index is 1.29. The van der Waals surface area contributed by atoms with Crippen molar-refractivity contribution in [1.29, 1.82) is 0 Å². The molecule has 0 radical (unpaired) electrons. The van der Waals surface area contributed by atoms with Gasteiger partial charge in [0.1, 0.15) is 12.4 Å². The van der Waals surface area contributed by atoms with Crippen LogP contribution in [0.25, 0.3) is 32.8 Å². The van der Waals surface area contributed by atoms with Crippen molar-refractivity contribution in [2.45, 2.75) is 37.4 Å². The molecular formula is C32H32ClN5O2. The fourth-order valence-electron chi connectivity index (χ4n) is 6.69. The molecule has 7 nitrogen and oxygen atoms in total. The summed E-state index contributed by atoms with van der Waals surface area (Å²) < 4.78 is 6.26. The van der Waals surface area contributed by atoms with Gasteiger partial charge in [-0.2, -0.15) is 9.97 Å². The van der Waals surface area contributed by atoms with Crippen LogP contribution >= 0.6 is 11.6 Å². The molecule has 4 heterocycles. The highest BCUT2D eigenvalue weighted by Crippen LogP contribution is 2.41. The second-order valence-electron chi connectivity index (χ2n) is 11.1. The molecule has 4 aromatic rings. The van der Waals surface area contributed by atoms with Gasteiger partial charge in [0.25, 0.3) is 0 Å². The average Bonchev–Trinajstić information content (AvgIpc) is 3.52. The summed E-state index contributed by atoms with van der Waals surface area (Å²) in [7, 11) is 2.14. The number of fused-ring (bicyclic) bond motifs is 3. The van der Waals surface area contributed by atoms with Crippen molar-refractivity contribution in [3.63, 3.8) is 0 Å². The van der Waals surface area contributed by atoms with Gasteiger partial charge in [0, 0.05) is 34.9 Å². The van der Waals surface area contributed by atoms with Crippen molar-refractivity contribution in [3.05, 3.63) is 72.3 Å². The van der Waals surface area contributed by atoms with Gasteiger partial charge in [-0.1, -0.05) is 54.6 Å². The summed E-state index contributed by atoms with van der Waals surface area (Å²) in [5.74, 6) is 0.874. The van der Waals surface area contributed by atoms with E-state index in [4.69, 9.17) is 26.3 Å². The van der Waals surface area contributed by atoms with Crippen LogP contribution in [0.4, 0.5) is 5.82 Å². The topological polar surface area (TPSA) is 61.8 Å². The van der Waals surface area contributed by atoms with Gasteiger partial charge in [-0.3, -0.25) is 4.79 Å². The molecule has 0 saturated carbocycles. The summed E-state index contributed by atoms with van der Waals surface area (Å²) in [5, 5.41) is 3.84. The lowest BCUT2D eigenvalue weighted by Gasteiger charge is -2.47. The lowest BCUT2D eigenvalue weighted by Crippen LogP contribution is -2.63. The van der Waals surface area contributed by atoms with Gasteiger partial charge in [-0.05, 0) is 73.6 Å². The Morgan fingerprint density at radius 3 is 2.75 bits per heavy atom. The zero-order valence-electron chi connectivity index (χ0n) is 22.6. The monoisotopic (exact) mass is 553 g/mol. The van der Waals surface area contributed by atoms with Crippen molar-refractivity contribution in [2.24, 2.45) is 0 Å². The molecule has 8 heteroatoms. The number of likely N-dealkylation sites (N-methyl/N-ethyl adjacent to an activating group) is 1. The lowest BCUT2D eigenvalue weighted by molar-refractivity contribution is -0.127. The molecule has 0 bridgehead atoms. The summed E-state index contributed by atoms with van der Waals surface area (Å²) in [6, 6.07) is 19.8. The quantitative estimate of drug-likeness (QED) is 0.292. The number of carbonyl (C=O) groups is 1. The minimum Gasteiger partial charge on any atom is -0.462 e. The molecule has 0 spiro atoms. The van der Waals surface area contributed by atoms with Crippen LogP contribution < -0.4 is 9.64 Å². The molecule has 3 aliphatic rings. The van der Waals surface area contributed by atoms with Gasteiger partial charge in [0.2, 0.25) is 5.91 Å². The predicted molar refractivity (Wildman–Crippen MR) is 160 cm³/mol. The molecule has 3 atom stereocenters. The minimum absolute atomic E-state index is 0.00258. The molecule has 3 fully saturated rings. The summed E-state index contributed by atoms with van der Waals surface area (Å²) in [6.07, 6.45) is 4.62. The molecule has 0 aliphatic carbocycles. The van der Waals surface area contributed by atoms with Crippen LogP contribution in [0.5, 0.6) is 6.01 Å². The fraction of sp³-hybridized carbons (Fsp3) is 0.344. The van der Waals surface area contributed by atoms with Crippen LogP contribution in [0.1, 0.15) is 19.3 Å². The normalized spacial score (nSPS) is 22.5. The number of hydrogen-bond acceptors (Lipinski definition) is 6. The van der Waals surface area contributed by atoms with Gasteiger partial charge < -0.3 is 19.4 Å². The molecule has 1 amide bonds. The van der Waals surface area contributed by atoms with Crippen molar-refractivity contribution in [3.8, 4) is 17.1 Å². The van der Waals surface area contributed by atoms with Gasteiger partial charge in [0.05, 0.1) is 17.6 Å². The Bertz CT molecular complexity index is 1640. The smallest absolute Gasteiger partial charge is 0.319 e. The molecule has 1 aromatic heterocycles. The Hall–Kier alpha value is -3.68. The van der Waals surface area contributed by atoms with E-state index in [0.717, 1.165) is 76.1 Å². The number of rotatable bonds is 6. The minimum atomic E-state index is 0.00258. The number of benzene rings is 3. The van der Waals surface area contributed by atoms with Crippen LogP contribution in [0.15, 0.2) is 67.3 Å². The van der Waals surface area contributed by atoms with Crippen molar-refractivity contribution in [1.82, 2.24) is 19.8 Å². The summed E-state index contributed by atoms with van der Waals surface area (Å²) in [5.41, 5.74) is 2.95. The fourth-order valence-corrected chi connectivity index (χ4v) is 6.98. The molecular weight excluding hydrogens is 522 g/mol. The average molecular weight is 554 g/mol. The maximum absolute atomic E-state index is 12.4. The molecule has 1 unspecified atom stereocenters. The Kier molecular flexibility index (Phi) is 6.36. The van der Waals surface area contributed by atoms with Crippen LogP contribution in [0.2, 0.25) is 5.02 Å². The highest BCUT2D eigenvalue weighted by atomic mass is 35.5. The maximum atomic E-state index is 12.4. The summed E-state index contributed by atoms with van der Waals surface area (Å²) in [4.78, 5) is 28.8. The number of ether oxygens (including phenoxy) is 1. The number of amides is 1. The van der Waals surface area contributed by atoms with E-state index in [1.807, 2.05) is 17.0 Å². The maximum Gasteiger partial charge on any atom is 0.319 e. The highest BCUT2D eigenvalue weighted by Gasteiger charge is 2.49. The van der Waals surface area contributed by atoms with Gasteiger partial charge in [-0.15, -0.1) is 0 Å². The largest absolute Gasteiger partial charge is 0.462 e. The molecule has 204 valence electrons. The third kappa shape index (κ3) is 4.19. The standard InChI is InChI=1S/C32H32ClN5O2/c1-3-29(39)37-16-14-27-28(37)18-38(27)31-24-13-12-21(23-10-4-7-20-8-5-11-25(33)30(20)23)17-26(24)34-32(35-31)40-19-22-9-6-15-36(22)2/h3-5,7-8,10-13,17,22,27-28H,1,6,9,14-16,18-19H2,2H3/t22?,27-,28-/m1/s1. The first-order chi connectivity index (χ1) is 19.5. The number of aromatic nitrogens is 2. The zero-order valence-corrected chi connectivity index (χ0v) is 23.3.